The van der Waals surface area contributed by atoms with Crippen LogP contribution in [0.4, 0.5) is 21.2 Å². The van der Waals surface area contributed by atoms with Crippen LogP contribution < -0.4 is 26.0 Å². The van der Waals surface area contributed by atoms with Gasteiger partial charge in [-0.15, -0.1) is 0 Å². The standard InChI is InChI=1S/C22H28N4O3.C20H22N4O2/c1-14(2)29-11-5-10-23-22(27)24-21-17-8-7-16(13-19(17)25-26-21)18-12-15(3)6-9-20(18)28-4;1-13-4-2-5-14(10-13)15-7-8-17-18(11-15)23-24-19(17)22-20(25)21-12-16-6-3-9-26-16/h6-9,12-14H,5,10-11H2,1-4H3,(H3,23,24,25,26,27);2,4-5,7-8,10-11,16H,3,6,9,12H2,1H3,(H3,21,22,23,24,25). The van der Waals surface area contributed by atoms with Crippen molar-refractivity contribution < 1.29 is 23.8 Å². The molecule has 2 aromatic heterocycles. The van der Waals surface area contributed by atoms with Crippen LogP contribution in [0.2, 0.25) is 0 Å². The predicted octanol–water partition coefficient (Wildman–Crippen LogP) is 8.32. The first kappa shape index (κ1) is 38.8. The molecule has 0 radical (unpaired) electrons. The molecule has 1 saturated heterocycles. The minimum Gasteiger partial charge on any atom is -0.496 e. The SMILES string of the molecule is COc1ccc(C)cc1-c1ccc2c(NC(=O)NCCCOC(C)C)n[nH]c2c1.Cc1cccc(-c2ccc3c(NC(=O)NCC4CCCO4)n[nH]c3c2)c1. The van der Waals surface area contributed by atoms with Gasteiger partial charge in [-0.2, -0.15) is 10.2 Å². The van der Waals surface area contributed by atoms with E-state index in [1.54, 1.807) is 7.11 Å². The molecule has 6 N–H and O–H groups in total. The second-order valence-corrected chi connectivity index (χ2v) is 13.9. The van der Waals surface area contributed by atoms with Crippen molar-refractivity contribution in [1.29, 1.82) is 0 Å². The number of fused-ring (bicyclic) bond motifs is 2. The van der Waals surface area contributed by atoms with E-state index in [1.165, 1.54) is 5.56 Å². The molecule has 1 aliphatic heterocycles. The van der Waals surface area contributed by atoms with E-state index in [9.17, 15) is 9.59 Å². The number of amides is 4. The fraction of sp³-hybridized carbons (Fsp3) is 0.333. The Morgan fingerprint density at radius 3 is 2.13 bits per heavy atom. The quantitative estimate of drug-likeness (QED) is 0.0685. The Labute approximate surface area is 320 Å². The number of urea groups is 2. The number of hydrogen-bond donors (Lipinski definition) is 6. The predicted molar refractivity (Wildman–Crippen MR) is 218 cm³/mol. The lowest BCUT2D eigenvalue weighted by atomic mass is 10.0. The van der Waals surface area contributed by atoms with E-state index in [0.29, 0.717) is 31.3 Å². The van der Waals surface area contributed by atoms with Gasteiger partial charge < -0.3 is 24.8 Å². The number of anilines is 2. The van der Waals surface area contributed by atoms with Crippen LogP contribution in [0.25, 0.3) is 44.1 Å². The Morgan fingerprint density at radius 2 is 1.47 bits per heavy atom. The average Bonchev–Trinajstić information content (AvgIpc) is 3.95. The molecule has 1 atom stereocenters. The summed E-state index contributed by atoms with van der Waals surface area (Å²) in [5.74, 6) is 1.84. The van der Waals surface area contributed by atoms with Gasteiger partial charge in [-0.1, -0.05) is 53.6 Å². The van der Waals surface area contributed by atoms with E-state index in [-0.39, 0.29) is 24.3 Å². The monoisotopic (exact) mass is 746 g/mol. The van der Waals surface area contributed by atoms with Crippen LogP contribution in [0.15, 0.2) is 78.9 Å². The summed E-state index contributed by atoms with van der Waals surface area (Å²) in [5.41, 5.74) is 8.40. The molecule has 13 nitrogen and oxygen atoms in total. The molecule has 0 aliphatic carbocycles. The number of rotatable bonds is 12. The molecule has 6 aromatic rings. The highest BCUT2D eigenvalue weighted by Crippen LogP contribution is 2.34. The summed E-state index contributed by atoms with van der Waals surface area (Å²) in [4.78, 5) is 24.2. The number of aromatic amines is 2. The van der Waals surface area contributed by atoms with Crippen molar-refractivity contribution in [1.82, 2.24) is 31.0 Å². The van der Waals surface area contributed by atoms with Gasteiger partial charge in [0.2, 0.25) is 0 Å². The van der Waals surface area contributed by atoms with E-state index in [0.717, 1.165) is 81.2 Å². The number of aromatic nitrogens is 4. The third kappa shape index (κ3) is 10.4. The minimum atomic E-state index is -0.285. The molecule has 1 fully saturated rings. The first-order valence-electron chi connectivity index (χ1n) is 18.7. The summed E-state index contributed by atoms with van der Waals surface area (Å²) in [6.45, 7) is 10.6. The normalized spacial score (nSPS) is 13.7. The average molecular weight is 747 g/mol. The molecule has 4 amide bonds. The third-order valence-corrected chi connectivity index (χ3v) is 9.18. The second kappa shape index (κ2) is 18.4. The maximum absolute atomic E-state index is 12.1. The minimum absolute atomic E-state index is 0.119. The molecule has 1 aliphatic rings. The lowest BCUT2D eigenvalue weighted by Crippen LogP contribution is -2.35. The van der Waals surface area contributed by atoms with Gasteiger partial charge in [-0.05, 0) is 100 Å². The van der Waals surface area contributed by atoms with Crippen LogP contribution in [-0.4, -0.2) is 78.1 Å². The zero-order valence-electron chi connectivity index (χ0n) is 32.0. The molecule has 7 rings (SSSR count). The lowest BCUT2D eigenvalue weighted by Gasteiger charge is -2.10. The van der Waals surface area contributed by atoms with Crippen LogP contribution in [0, 0.1) is 13.8 Å². The Hall–Kier alpha value is -5.92. The molecule has 13 heteroatoms. The van der Waals surface area contributed by atoms with Crippen molar-refractivity contribution in [3.8, 4) is 28.0 Å². The number of methoxy groups -OCH3 is 1. The summed E-state index contributed by atoms with van der Waals surface area (Å²) in [7, 11) is 1.67. The number of H-pyrrole nitrogens is 2. The van der Waals surface area contributed by atoms with E-state index in [2.05, 4.69) is 72.9 Å². The molecule has 4 aromatic carbocycles. The first-order valence-corrected chi connectivity index (χ1v) is 18.7. The van der Waals surface area contributed by atoms with Crippen molar-refractivity contribution in [3.63, 3.8) is 0 Å². The molecule has 0 saturated carbocycles. The molecular weight excluding hydrogens is 697 g/mol. The number of nitrogens with zero attached hydrogens (tertiary/aromatic N) is 2. The van der Waals surface area contributed by atoms with Crippen molar-refractivity contribution in [2.24, 2.45) is 0 Å². The lowest BCUT2D eigenvalue weighted by molar-refractivity contribution is 0.0775. The zero-order valence-corrected chi connectivity index (χ0v) is 32.0. The molecular formula is C42H50N8O5. The van der Waals surface area contributed by atoms with Gasteiger partial charge in [-0.25, -0.2) is 9.59 Å². The highest BCUT2D eigenvalue weighted by Gasteiger charge is 2.17. The van der Waals surface area contributed by atoms with Crippen LogP contribution in [0.1, 0.15) is 44.2 Å². The number of ether oxygens (including phenoxy) is 3. The first-order chi connectivity index (χ1) is 26.7. The highest BCUT2D eigenvalue weighted by atomic mass is 16.5. The molecule has 3 heterocycles. The van der Waals surface area contributed by atoms with Gasteiger partial charge in [0.05, 0.1) is 30.4 Å². The number of aryl methyl sites for hydroxylation is 2. The smallest absolute Gasteiger partial charge is 0.320 e. The Bertz CT molecular complexity index is 2220. The van der Waals surface area contributed by atoms with E-state index >= 15 is 0 Å². The third-order valence-electron chi connectivity index (χ3n) is 9.18. The maximum Gasteiger partial charge on any atom is 0.320 e. The van der Waals surface area contributed by atoms with Gasteiger partial charge >= 0.3 is 12.1 Å². The summed E-state index contributed by atoms with van der Waals surface area (Å²) in [6, 6.07) is 25.9. The van der Waals surface area contributed by atoms with Gasteiger partial charge in [0, 0.05) is 42.6 Å². The topological polar surface area (TPSA) is 167 Å². The van der Waals surface area contributed by atoms with E-state index < -0.39 is 0 Å². The van der Waals surface area contributed by atoms with Gasteiger partial charge in [-0.3, -0.25) is 20.8 Å². The number of nitrogens with one attached hydrogen (secondary N) is 6. The number of carbonyl (C=O) groups excluding carboxylic acids is 2. The van der Waals surface area contributed by atoms with Gasteiger partial charge in [0.1, 0.15) is 5.75 Å². The summed E-state index contributed by atoms with van der Waals surface area (Å²) in [6.07, 6.45) is 3.13. The van der Waals surface area contributed by atoms with Crippen molar-refractivity contribution in [3.05, 3.63) is 90.0 Å². The number of carbonyl (C=O) groups is 2. The van der Waals surface area contributed by atoms with E-state index in [4.69, 9.17) is 14.2 Å². The Balaban J connectivity index is 0.000000188. The largest absolute Gasteiger partial charge is 0.496 e. The molecule has 0 bridgehead atoms. The summed E-state index contributed by atoms with van der Waals surface area (Å²) < 4.78 is 16.5. The maximum atomic E-state index is 12.1. The van der Waals surface area contributed by atoms with Crippen LogP contribution >= 0.6 is 0 Å². The van der Waals surface area contributed by atoms with Gasteiger partial charge in [0.25, 0.3) is 0 Å². The fourth-order valence-electron chi connectivity index (χ4n) is 6.36. The number of benzene rings is 4. The second-order valence-electron chi connectivity index (χ2n) is 13.9. The zero-order chi connectivity index (χ0) is 38.7. The highest BCUT2D eigenvalue weighted by molar-refractivity contribution is 6.01. The van der Waals surface area contributed by atoms with Crippen molar-refractivity contribution in [2.45, 2.75) is 59.2 Å². The summed E-state index contributed by atoms with van der Waals surface area (Å²) in [5, 5.41) is 27.5. The van der Waals surface area contributed by atoms with Crippen LogP contribution in [0.3, 0.4) is 0 Å². The number of hydrogen-bond acceptors (Lipinski definition) is 7. The fourth-order valence-corrected chi connectivity index (χ4v) is 6.36. The van der Waals surface area contributed by atoms with Gasteiger partial charge in [0.15, 0.2) is 11.6 Å². The van der Waals surface area contributed by atoms with Crippen LogP contribution in [0.5, 0.6) is 5.75 Å². The molecule has 0 spiro atoms. The van der Waals surface area contributed by atoms with E-state index in [1.807, 2.05) is 75.4 Å². The Morgan fingerprint density at radius 1 is 0.818 bits per heavy atom. The Kier molecular flexibility index (Phi) is 13.0. The molecule has 1 unspecified atom stereocenters. The van der Waals surface area contributed by atoms with Crippen molar-refractivity contribution in [2.75, 3.05) is 44.0 Å². The van der Waals surface area contributed by atoms with Crippen LogP contribution in [-0.2, 0) is 9.47 Å². The summed E-state index contributed by atoms with van der Waals surface area (Å²) >= 11 is 0. The van der Waals surface area contributed by atoms with Crippen molar-refractivity contribution >= 4 is 45.5 Å². The molecule has 288 valence electrons. The molecule has 55 heavy (non-hydrogen) atoms.